The van der Waals surface area contributed by atoms with Crippen molar-refractivity contribution in [2.24, 2.45) is 5.92 Å². The van der Waals surface area contributed by atoms with Gasteiger partial charge in [-0.3, -0.25) is 4.90 Å². The molecule has 86 valence electrons. The van der Waals surface area contributed by atoms with Crippen molar-refractivity contribution < 1.29 is 0 Å². The van der Waals surface area contributed by atoms with E-state index in [1.807, 2.05) is 0 Å². The largest absolute Gasteiger partial charge is 0.310 e. The molecule has 2 heteroatoms. The molecule has 2 saturated carbocycles. The van der Waals surface area contributed by atoms with E-state index in [-0.39, 0.29) is 0 Å². The molecule has 2 atom stereocenters. The number of likely N-dealkylation sites (tertiary alicyclic amines) is 1. The topological polar surface area (TPSA) is 15.3 Å². The van der Waals surface area contributed by atoms with Crippen molar-refractivity contribution in [2.75, 3.05) is 6.54 Å². The Kier molecular flexibility index (Phi) is 2.52. The van der Waals surface area contributed by atoms with Gasteiger partial charge in [0, 0.05) is 30.7 Å². The maximum Gasteiger partial charge on any atom is 0.0275 e. The minimum absolute atomic E-state index is 0.790. The molecule has 0 aromatic heterocycles. The lowest BCUT2D eigenvalue weighted by atomic mass is 9.97. The minimum Gasteiger partial charge on any atom is -0.310 e. The van der Waals surface area contributed by atoms with Crippen LogP contribution in [0.3, 0.4) is 0 Å². The van der Waals surface area contributed by atoms with Gasteiger partial charge in [-0.05, 0) is 38.0 Å². The summed E-state index contributed by atoms with van der Waals surface area (Å²) < 4.78 is 0. The first-order chi connectivity index (χ1) is 7.25. The van der Waals surface area contributed by atoms with Crippen LogP contribution < -0.4 is 5.32 Å². The highest BCUT2D eigenvalue weighted by Crippen LogP contribution is 2.37. The summed E-state index contributed by atoms with van der Waals surface area (Å²) in [7, 11) is 0. The zero-order valence-corrected chi connectivity index (χ0v) is 10.1. The Labute approximate surface area is 93.4 Å². The van der Waals surface area contributed by atoms with Crippen LogP contribution >= 0.6 is 0 Å². The van der Waals surface area contributed by atoms with Crippen LogP contribution in [0, 0.1) is 5.92 Å². The SMILES string of the molecule is CC(C)C1C(NC2CC2)CCN1C1CC1. The van der Waals surface area contributed by atoms with Gasteiger partial charge in [-0.15, -0.1) is 0 Å². The van der Waals surface area contributed by atoms with Crippen molar-refractivity contribution in [3.05, 3.63) is 0 Å². The van der Waals surface area contributed by atoms with Gasteiger partial charge >= 0.3 is 0 Å². The van der Waals surface area contributed by atoms with Crippen LogP contribution in [0.15, 0.2) is 0 Å². The van der Waals surface area contributed by atoms with E-state index in [0.29, 0.717) is 0 Å². The van der Waals surface area contributed by atoms with Gasteiger partial charge in [0.15, 0.2) is 0 Å². The summed E-state index contributed by atoms with van der Waals surface area (Å²) in [5, 5.41) is 3.86. The summed E-state index contributed by atoms with van der Waals surface area (Å²) in [6.45, 7) is 6.14. The van der Waals surface area contributed by atoms with Crippen LogP contribution in [0.4, 0.5) is 0 Å². The highest BCUT2D eigenvalue weighted by Gasteiger charge is 2.44. The van der Waals surface area contributed by atoms with Gasteiger partial charge in [0.25, 0.3) is 0 Å². The highest BCUT2D eigenvalue weighted by molar-refractivity contribution is 5.02. The first-order valence-electron chi connectivity index (χ1n) is 6.77. The highest BCUT2D eigenvalue weighted by atomic mass is 15.3. The molecule has 0 spiro atoms. The van der Waals surface area contributed by atoms with Gasteiger partial charge in [0.2, 0.25) is 0 Å². The third kappa shape index (κ3) is 2.07. The Hall–Kier alpha value is -0.0800. The van der Waals surface area contributed by atoms with Crippen LogP contribution in [-0.2, 0) is 0 Å². The van der Waals surface area contributed by atoms with Crippen molar-refractivity contribution in [2.45, 2.75) is 70.1 Å². The van der Waals surface area contributed by atoms with Crippen molar-refractivity contribution in [1.29, 1.82) is 0 Å². The first kappa shape index (κ1) is 10.1. The molecular weight excluding hydrogens is 184 g/mol. The number of rotatable bonds is 4. The van der Waals surface area contributed by atoms with E-state index in [2.05, 4.69) is 24.1 Å². The molecule has 1 saturated heterocycles. The molecule has 0 amide bonds. The fourth-order valence-corrected chi connectivity index (χ4v) is 3.25. The lowest BCUT2D eigenvalue weighted by molar-refractivity contribution is 0.177. The predicted molar refractivity (Wildman–Crippen MR) is 62.9 cm³/mol. The standard InChI is InChI=1S/C13H24N2/c1-9(2)13-12(14-10-3-4-10)7-8-15(13)11-5-6-11/h9-14H,3-8H2,1-2H3. The smallest absolute Gasteiger partial charge is 0.0275 e. The van der Waals surface area contributed by atoms with Crippen LogP contribution in [0.2, 0.25) is 0 Å². The van der Waals surface area contributed by atoms with Gasteiger partial charge in [0.1, 0.15) is 0 Å². The van der Waals surface area contributed by atoms with Crippen molar-refractivity contribution >= 4 is 0 Å². The van der Waals surface area contributed by atoms with E-state index >= 15 is 0 Å². The predicted octanol–water partition coefficient (Wildman–Crippen LogP) is 2.00. The summed E-state index contributed by atoms with van der Waals surface area (Å²) in [6, 6.07) is 3.43. The van der Waals surface area contributed by atoms with Gasteiger partial charge < -0.3 is 5.32 Å². The summed E-state index contributed by atoms with van der Waals surface area (Å²) in [5.41, 5.74) is 0. The summed E-state index contributed by atoms with van der Waals surface area (Å²) in [6.07, 6.45) is 7.14. The average Bonchev–Trinajstić information content (AvgIpc) is 3.05. The molecule has 1 N–H and O–H groups in total. The number of nitrogens with one attached hydrogen (secondary N) is 1. The van der Waals surface area contributed by atoms with Gasteiger partial charge in [-0.2, -0.15) is 0 Å². The van der Waals surface area contributed by atoms with Gasteiger partial charge in [0.05, 0.1) is 0 Å². The van der Waals surface area contributed by atoms with Gasteiger partial charge in [-0.1, -0.05) is 13.8 Å². The quantitative estimate of drug-likeness (QED) is 0.760. The van der Waals surface area contributed by atoms with Crippen LogP contribution in [0.5, 0.6) is 0 Å². The van der Waals surface area contributed by atoms with Crippen LogP contribution in [-0.4, -0.2) is 35.6 Å². The molecule has 2 nitrogen and oxygen atoms in total. The van der Waals surface area contributed by atoms with Crippen molar-refractivity contribution in [3.63, 3.8) is 0 Å². The average molecular weight is 208 g/mol. The Balaban J connectivity index is 1.65. The molecule has 0 aromatic rings. The summed E-state index contributed by atoms with van der Waals surface area (Å²) in [5.74, 6) is 0.810. The van der Waals surface area contributed by atoms with E-state index in [4.69, 9.17) is 0 Å². The van der Waals surface area contributed by atoms with E-state index in [1.54, 1.807) is 0 Å². The maximum atomic E-state index is 3.86. The third-order valence-corrected chi connectivity index (χ3v) is 4.22. The van der Waals surface area contributed by atoms with Gasteiger partial charge in [-0.25, -0.2) is 0 Å². The number of hydrogen-bond donors (Lipinski definition) is 1. The minimum atomic E-state index is 0.790. The molecule has 2 aliphatic carbocycles. The molecule has 3 fully saturated rings. The summed E-state index contributed by atoms with van der Waals surface area (Å²) >= 11 is 0. The Morgan fingerprint density at radius 2 is 1.80 bits per heavy atom. The second-order valence-corrected chi connectivity index (χ2v) is 6.04. The van der Waals surface area contributed by atoms with E-state index in [0.717, 1.165) is 30.1 Å². The van der Waals surface area contributed by atoms with Crippen LogP contribution in [0.1, 0.15) is 46.0 Å². The Morgan fingerprint density at radius 1 is 1.07 bits per heavy atom. The van der Waals surface area contributed by atoms with Crippen molar-refractivity contribution in [3.8, 4) is 0 Å². The normalized spacial score (nSPS) is 37.8. The first-order valence-corrected chi connectivity index (χ1v) is 6.77. The monoisotopic (exact) mass is 208 g/mol. The molecule has 0 bridgehead atoms. The van der Waals surface area contributed by atoms with E-state index in [1.165, 1.54) is 38.6 Å². The maximum absolute atomic E-state index is 3.86. The molecular formula is C13H24N2. The lowest BCUT2D eigenvalue weighted by Gasteiger charge is -2.32. The van der Waals surface area contributed by atoms with Crippen molar-refractivity contribution in [1.82, 2.24) is 10.2 Å². The summed E-state index contributed by atoms with van der Waals surface area (Å²) in [4.78, 5) is 2.80. The fraction of sp³-hybridized carbons (Fsp3) is 1.00. The Morgan fingerprint density at radius 3 is 2.33 bits per heavy atom. The van der Waals surface area contributed by atoms with E-state index < -0.39 is 0 Å². The number of hydrogen-bond acceptors (Lipinski definition) is 2. The lowest BCUT2D eigenvalue weighted by Crippen LogP contribution is -2.47. The second-order valence-electron chi connectivity index (χ2n) is 6.04. The second kappa shape index (κ2) is 3.74. The molecule has 3 rings (SSSR count). The molecule has 0 aromatic carbocycles. The molecule has 0 radical (unpaired) electrons. The molecule has 3 aliphatic rings. The number of nitrogens with zero attached hydrogens (tertiary/aromatic N) is 1. The molecule has 1 heterocycles. The third-order valence-electron chi connectivity index (χ3n) is 4.22. The molecule has 1 aliphatic heterocycles. The Bertz CT molecular complexity index is 231. The van der Waals surface area contributed by atoms with E-state index in [9.17, 15) is 0 Å². The zero-order chi connectivity index (χ0) is 10.4. The fourth-order valence-electron chi connectivity index (χ4n) is 3.25. The molecule has 2 unspecified atom stereocenters. The van der Waals surface area contributed by atoms with Crippen LogP contribution in [0.25, 0.3) is 0 Å². The zero-order valence-electron chi connectivity index (χ0n) is 10.1. The molecule has 15 heavy (non-hydrogen) atoms.